The van der Waals surface area contributed by atoms with Gasteiger partial charge in [0.05, 0.1) is 18.0 Å². The lowest BCUT2D eigenvalue weighted by atomic mass is 10.1. The number of benzene rings is 2. The molecule has 4 rings (SSSR count). The average Bonchev–Trinajstić information content (AvgIpc) is 3.52. The average molecular weight is 549 g/mol. The highest BCUT2D eigenvalue weighted by Gasteiger charge is 2.14. The Morgan fingerprint density at radius 1 is 0.769 bits per heavy atom. The van der Waals surface area contributed by atoms with Crippen molar-refractivity contribution in [3.8, 4) is 0 Å². The van der Waals surface area contributed by atoms with Crippen molar-refractivity contribution in [3.05, 3.63) is 64.7 Å². The molecule has 0 aliphatic rings. The molecule has 4 aromatic rings. The molecule has 0 spiro atoms. The number of guanidine groups is 2. The maximum Gasteiger partial charge on any atom is 0.272 e. The molecule has 0 aliphatic carbocycles. The summed E-state index contributed by atoms with van der Waals surface area (Å²) in [5, 5.41) is 9.89. The maximum atomic E-state index is 12.9. The van der Waals surface area contributed by atoms with Gasteiger partial charge in [-0.2, -0.15) is 0 Å². The van der Waals surface area contributed by atoms with Gasteiger partial charge in [0.15, 0.2) is 11.9 Å². The largest absolute Gasteiger partial charge is 0.370 e. The summed E-state index contributed by atoms with van der Waals surface area (Å²) in [6.45, 7) is 1.16. The van der Waals surface area contributed by atoms with E-state index in [0.717, 1.165) is 10.1 Å². The second-order valence-corrected chi connectivity index (χ2v) is 9.51. The zero-order valence-electron chi connectivity index (χ0n) is 20.8. The Labute approximate surface area is 226 Å². The van der Waals surface area contributed by atoms with Crippen molar-refractivity contribution in [1.82, 2.24) is 15.6 Å². The minimum Gasteiger partial charge on any atom is -0.370 e. The molecule has 0 aliphatic heterocycles. The predicted molar refractivity (Wildman–Crippen MR) is 154 cm³/mol. The molecule has 13 nitrogen and oxygen atoms in total. The third kappa shape index (κ3) is 7.01. The lowest BCUT2D eigenvalue weighted by Crippen LogP contribution is -2.28. The van der Waals surface area contributed by atoms with Crippen LogP contribution in [-0.4, -0.2) is 60.8 Å². The van der Waals surface area contributed by atoms with Crippen LogP contribution in [0.1, 0.15) is 30.5 Å². The molecule has 12 N–H and O–H groups in total. The number of amides is 3. The highest BCUT2D eigenvalue weighted by Crippen LogP contribution is 2.28. The number of carbonyl (C=O) groups excluding carboxylic acids is 3. The van der Waals surface area contributed by atoms with Crippen molar-refractivity contribution in [1.29, 1.82) is 0 Å². The van der Waals surface area contributed by atoms with E-state index in [4.69, 9.17) is 22.9 Å². The first kappa shape index (κ1) is 26.9. The van der Waals surface area contributed by atoms with E-state index in [2.05, 4.69) is 30.9 Å². The van der Waals surface area contributed by atoms with Crippen molar-refractivity contribution in [2.75, 3.05) is 31.5 Å². The molecule has 0 saturated heterocycles. The van der Waals surface area contributed by atoms with E-state index < -0.39 is 0 Å². The Morgan fingerprint density at radius 3 is 2.15 bits per heavy atom. The van der Waals surface area contributed by atoms with Gasteiger partial charge in [-0.25, -0.2) is 0 Å². The number of fused-ring (bicyclic) bond motifs is 2. The SMILES string of the molecule is NC(N)=NCCNC(=O)c1ccc2[nH]c(C(=O)Nc3ccc4sc(C(=O)NCCN=C(N)N)cc4c3)cc2c1. The summed E-state index contributed by atoms with van der Waals surface area (Å²) in [4.78, 5) is 49.0. The fourth-order valence-corrected chi connectivity index (χ4v) is 4.69. The molecule has 0 bridgehead atoms. The highest BCUT2D eigenvalue weighted by atomic mass is 32.1. The number of aromatic nitrogens is 1. The van der Waals surface area contributed by atoms with Gasteiger partial charge in [-0.1, -0.05) is 0 Å². The van der Waals surface area contributed by atoms with E-state index in [0.29, 0.717) is 39.3 Å². The van der Waals surface area contributed by atoms with Gasteiger partial charge in [0.2, 0.25) is 0 Å². The number of nitrogens with one attached hydrogen (secondary N) is 4. The molecule has 0 radical (unpaired) electrons. The van der Waals surface area contributed by atoms with Crippen LogP contribution in [0.15, 0.2) is 58.5 Å². The van der Waals surface area contributed by atoms with E-state index in [1.807, 2.05) is 6.07 Å². The fourth-order valence-electron chi connectivity index (χ4n) is 3.73. The van der Waals surface area contributed by atoms with Crippen molar-refractivity contribution in [2.45, 2.75) is 0 Å². The van der Waals surface area contributed by atoms with Crippen molar-refractivity contribution in [3.63, 3.8) is 0 Å². The minimum atomic E-state index is -0.346. The maximum absolute atomic E-state index is 12.9. The molecule has 39 heavy (non-hydrogen) atoms. The third-order valence-electron chi connectivity index (χ3n) is 5.51. The van der Waals surface area contributed by atoms with Crippen molar-refractivity contribution >= 4 is 67.7 Å². The Kier molecular flexibility index (Phi) is 8.26. The van der Waals surface area contributed by atoms with Gasteiger partial charge < -0.3 is 43.9 Å². The monoisotopic (exact) mass is 548 g/mol. The Bertz CT molecular complexity index is 1600. The summed E-state index contributed by atoms with van der Waals surface area (Å²) < 4.78 is 0.900. The second kappa shape index (κ2) is 12.0. The highest BCUT2D eigenvalue weighted by molar-refractivity contribution is 7.20. The van der Waals surface area contributed by atoms with Crippen molar-refractivity contribution in [2.24, 2.45) is 32.9 Å². The number of hydrogen-bond donors (Lipinski definition) is 8. The number of hydrogen-bond acceptors (Lipinski definition) is 6. The fraction of sp³-hybridized carbons (Fsp3) is 0.160. The van der Waals surface area contributed by atoms with Gasteiger partial charge in [-0.15, -0.1) is 11.3 Å². The quantitative estimate of drug-likeness (QED) is 0.0799. The second-order valence-electron chi connectivity index (χ2n) is 8.43. The summed E-state index contributed by atoms with van der Waals surface area (Å²) in [7, 11) is 0. The van der Waals surface area contributed by atoms with Gasteiger partial charge in [0.1, 0.15) is 5.69 Å². The minimum absolute atomic E-state index is 0.0300. The zero-order valence-corrected chi connectivity index (χ0v) is 21.6. The zero-order chi connectivity index (χ0) is 27.9. The molecule has 0 saturated carbocycles. The van der Waals surface area contributed by atoms with Crippen LogP contribution in [0, 0.1) is 0 Å². The lowest BCUT2D eigenvalue weighted by molar-refractivity contribution is 0.0948. The van der Waals surface area contributed by atoms with Gasteiger partial charge in [-0.05, 0) is 53.9 Å². The van der Waals surface area contributed by atoms with Gasteiger partial charge >= 0.3 is 0 Å². The first-order valence-electron chi connectivity index (χ1n) is 11.8. The molecular weight excluding hydrogens is 520 g/mol. The van der Waals surface area contributed by atoms with Gasteiger partial charge in [0.25, 0.3) is 17.7 Å². The molecule has 202 valence electrons. The van der Waals surface area contributed by atoms with Crippen LogP contribution in [0.5, 0.6) is 0 Å². The van der Waals surface area contributed by atoms with Gasteiger partial charge in [0, 0.05) is 39.9 Å². The molecule has 2 heterocycles. The van der Waals surface area contributed by atoms with E-state index in [9.17, 15) is 14.4 Å². The summed E-state index contributed by atoms with van der Waals surface area (Å²) in [5.74, 6) is -0.920. The van der Waals surface area contributed by atoms with E-state index in [1.165, 1.54) is 11.3 Å². The molecular formula is C25H28N10O3S. The van der Waals surface area contributed by atoms with Crippen LogP contribution in [0.2, 0.25) is 0 Å². The van der Waals surface area contributed by atoms with E-state index >= 15 is 0 Å². The standard InChI is InChI=1S/C25H28N10O3S/c26-24(27)32-7-5-30-21(36)13-1-3-17-14(9-13)11-18(35-17)22(37)34-16-2-4-19-15(10-16)12-20(39-19)23(38)31-6-8-33-25(28)29/h1-4,9-12,35H,5-8H2,(H,30,36)(H,31,38)(H,34,37)(H4,26,27,32)(H4,28,29,33). The van der Waals surface area contributed by atoms with E-state index in [-0.39, 0.29) is 49.3 Å². The van der Waals surface area contributed by atoms with Crippen molar-refractivity contribution < 1.29 is 14.4 Å². The third-order valence-corrected chi connectivity index (χ3v) is 6.62. The summed E-state index contributed by atoms with van der Waals surface area (Å²) in [6.07, 6.45) is 0. The van der Waals surface area contributed by atoms with Crippen LogP contribution in [0.25, 0.3) is 21.0 Å². The normalized spacial score (nSPS) is 10.7. The molecule has 0 atom stereocenters. The Morgan fingerprint density at radius 2 is 1.46 bits per heavy atom. The summed E-state index contributed by atoms with van der Waals surface area (Å²) >= 11 is 1.34. The molecule has 14 heteroatoms. The number of aliphatic imine (C=N–C) groups is 2. The van der Waals surface area contributed by atoms with Crippen LogP contribution < -0.4 is 38.9 Å². The van der Waals surface area contributed by atoms with Crippen LogP contribution in [-0.2, 0) is 0 Å². The summed E-state index contributed by atoms with van der Waals surface area (Å²) in [5.41, 5.74) is 23.2. The summed E-state index contributed by atoms with van der Waals surface area (Å²) in [6, 6.07) is 13.9. The number of anilines is 1. The van der Waals surface area contributed by atoms with Gasteiger partial charge in [-0.3, -0.25) is 24.4 Å². The first-order valence-corrected chi connectivity index (χ1v) is 12.7. The van der Waals surface area contributed by atoms with E-state index in [1.54, 1.807) is 42.5 Å². The smallest absolute Gasteiger partial charge is 0.272 e. The molecule has 2 aromatic carbocycles. The molecule has 3 amide bonds. The Hall–Kier alpha value is -5.11. The number of carbonyl (C=O) groups is 3. The number of nitrogens with two attached hydrogens (primary N) is 4. The van der Waals surface area contributed by atoms with Crippen LogP contribution >= 0.6 is 11.3 Å². The predicted octanol–water partition coefficient (Wildman–Crippen LogP) is 0.641. The number of H-pyrrole nitrogens is 1. The lowest BCUT2D eigenvalue weighted by Gasteiger charge is -2.03. The molecule has 2 aromatic heterocycles. The number of rotatable bonds is 10. The number of thiophene rings is 1. The molecule has 0 fully saturated rings. The molecule has 0 unspecified atom stereocenters. The first-order chi connectivity index (χ1) is 18.7. The Balaban J connectivity index is 1.40. The number of aromatic amines is 1. The van der Waals surface area contributed by atoms with Crippen LogP contribution in [0.3, 0.4) is 0 Å². The van der Waals surface area contributed by atoms with Crippen LogP contribution in [0.4, 0.5) is 5.69 Å². The topological polar surface area (TPSA) is 232 Å². The number of nitrogens with zero attached hydrogens (tertiary/aromatic N) is 2.